The zero-order valence-corrected chi connectivity index (χ0v) is 18.5. The van der Waals surface area contributed by atoms with Crippen molar-refractivity contribution in [3.63, 3.8) is 0 Å². The molecule has 0 spiro atoms. The zero-order chi connectivity index (χ0) is 23.5. The first-order valence-corrected chi connectivity index (χ1v) is 9.20. The standard InChI is InChI=1S/C20H32N2O8/c1-13(2)15(23)21-17(25)27-11-20(7,8)29-10-9-19(5,6)30-12-28-18(26)22-16(24)14(3)4/h1,3,9-12H2,2,4-8H3,(H,21,23,25)(H,22,24,26). The molecule has 170 valence electrons. The molecule has 0 bridgehead atoms. The molecule has 0 unspecified atom stereocenters. The molecule has 0 aliphatic carbocycles. The smallest absolute Gasteiger partial charge is 0.416 e. The minimum atomic E-state index is -0.934. The summed E-state index contributed by atoms with van der Waals surface area (Å²) in [5, 5.41) is 4.03. The van der Waals surface area contributed by atoms with E-state index in [1.807, 2.05) is 10.6 Å². The van der Waals surface area contributed by atoms with Crippen LogP contribution in [0.25, 0.3) is 0 Å². The van der Waals surface area contributed by atoms with Crippen LogP contribution >= 0.6 is 0 Å². The maximum Gasteiger partial charge on any atom is 0.416 e. The lowest BCUT2D eigenvalue weighted by Gasteiger charge is -2.29. The Labute approximate surface area is 176 Å². The molecule has 0 rings (SSSR count). The molecule has 0 heterocycles. The first kappa shape index (κ1) is 27.3. The number of carbonyl (C=O) groups excluding carboxylic acids is 4. The van der Waals surface area contributed by atoms with Gasteiger partial charge in [0.2, 0.25) is 0 Å². The van der Waals surface area contributed by atoms with Gasteiger partial charge < -0.3 is 18.9 Å². The summed E-state index contributed by atoms with van der Waals surface area (Å²) in [6.07, 6.45) is -1.38. The molecular weight excluding hydrogens is 396 g/mol. The monoisotopic (exact) mass is 428 g/mol. The van der Waals surface area contributed by atoms with Crippen molar-refractivity contribution in [3.8, 4) is 0 Å². The highest BCUT2D eigenvalue weighted by Gasteiger charge is 2.25. The predicted octanol–water partition coefficient (Wildman–Crippen LogP) is 2.58. The van der Waals surface area contributed by atoms with Crippen LogP contribution in [0, 0.1) is 0 Å². The van der Waals surface area contributed by atoms with Crippen molar-refractivity contribution in [2.45, 2.75) is 59.2 Å². The number of alkyl carbamates (subject to hydrolysis) is 2. The van der Waals surface area contributed by atoms with E-state index in [1.54, 1.807) is 27.7 Å². The third kappa shape index (κ3) is 12.7. The second-order valence-electron chi connectivity index (χ2n) is 7.86. The summed E-state index contributed by atoms with van der Waals surface area (Å²) < 4.78 is 21.0. The van der Waals surface area contributed by atoms with Gasteiger partial charge in [0.1, 0.15) is 6.61 Å². The Bertz CT molecular complexity index is 682. The molecular formula is C20H32N2O8. The van der Waals surface area contributed by atoms with E-state index in [4.69, 9.17) is 18.9 Å². The van der Waals surface area contributed by atoms with E-state index in [9.17, 15) is 19.2 Å². The van der Waals surface area contributed by atoms with Crippen LogP contribution in [0.15, 0.2) is 24.3 Å². The molecule has 0 aromatic rings. The van der Waals surface area contributed by atoms with Crippen LogP contribution in [0.1, 0.15) is 48.0 Å². The summed E-state index contributed by atoms with van der Waals surface area (Å²) >= 11 is 0. The van der Waals surface area contributed by atoms with Gasteiger partial charge in [-0.25, -0.2) is 9.59 Å². The Morgan fingerprint density at radius 3 is 1.70 bits per heavy atom. The van der Waals surface area contributed by atoms with Crippen molar-refractivity contribution in [1.82, 2.24) is 10.6 Å². The summed E-state index contributed by atoms with van der Waals surface area (Å²) in [6.45, 7) is 16.6. The normalized spacial score (nSPS) is 11.3. The summed E-state index contributed by atoms with van der Waals surface area (Å²) in [6, 6.07) is 0. The maximum atomic E-state index is 11.6. The molecule has 0 aromatic heterocycles. The lowest BCUT2D eigenvalue weighted by atomic mass is 10.1. The van der Waals surface area contributed by atoms with Gasteiger partial charge in [-0.1, -0.05) is 13.2 Å². The van der Waals surface area contributed by atoms with Crippen molar-refractivity contribution in [1.29, 1.82) is 0 Å². The van der Waals surface area contributed by atoms with Gasteiger partial charge in [-0.2, -0.15) is 0 Å². The van der Waals surface area contributed by atoms with E-state index in [0.29, 0.717) is 6.42 Å². The molecule has 0 aliphatic heterocycles. The number of hydrogen-bond donors (Lipinski definition) is 2. The van der Waals surface area contributed by atoms with Crippen molar-refractivity contribution < 1.29 is 38.1 Å². The molecule has 2 N–H and O–H groups in total. The van der Waals surface area contributed by atoms with Gasteiger partial charge in [0.15, 0.2) is 6.79 Å². The highest BCUT2D eigenvalue weighted by molar-refractivity contribution is 6.02. The Kier molecular flexibility index (Phi) is 11.0. The molecule has 0 aromatic carbocycles. The van der Waals surface area contributed by atoms with Crippen LogP contribution < -0.4 is 10.6 Å². The fourth-order valence-electron chi connectivity index (χ4n) is 1.64. The Hall–Kier alpha value is -2.72. The van der Waals surface area contributed by atoms with Crippen LogP contribution in [-0.4, -0.2) is 55.2 Å². The number of carbonyl (C=O) groups is 4. The molecule has 0 saturated heterocycles. The van der Waals surface area contributed by atoms with E-state index in [0.717, 1.165) is 0 Å². The average molecular weight is 428 g/mol. The summed E-state index contributed by atoms with van der Waals surface area (Å²) in [7, 11) is 0. The lowest BCUT2D eigenvalue weighted by Crippen LogP contribution is -2.38. The number of amides is 4. The Morgan fingerprint density at radius 1 is 0.767 bits per heavy atom. The van der Waals surface area contributed by atoms with Gasteiger partial charge in [-0.05, 0) is 48.0 Å². The Morgan fingerprint density at radius 2 is 1.23 bits per heavy atom. The van der Waals surface area contributed by atoms with Gasteiger partial charge in [0.25, 0.3) is 11.8 Å². The molecule has 30 heavy (non-hydrogen) atoms. The molecule has 0 fully saturated rings. The highest BCUT2D eigenvalue weighted by Crippen LogP contribution is 2.18. The van der Waals surface area contributed by atoms with E-state index in [-0.39, 0.29) is 31.2 Å². The minimum absolute atomic E-state index is 0.0797. The summed E-state index contributed by atoms with van der Waals surface area (Å²) in [5.41, 5.74) is -1.13. The molecule has 4 amide bonds. The SMILES string of the molecule is C=C(C)C(=O)NC(=O)OCOC(C)(C)CCOC(C)(C)COC(=O)NC(=O)C(=C)C. The first-order valence-electron chi connectivity index (χ1n) is 9.20. The van der Waals surface area contributed by atoms with Crippen molar-refractivity contribution in [2.75, 3.05) is 20.0 Å². The van der Waals surface area contributed by atoms with E-state index in [1.165, 1.54) is 13.8 Å². The van der Waals surface area contributed by atoms with Gasteiger partial charge in [-0.3, -0.25) is 20.2 Å². The van der Waals surface area contributed by atoms with Crippen LogP contribution in [0.4, 0.5) is 9.59 Å². The molecule has 10 nitrogen and oxygen atoms in total. The fourth-order valence-corrected chi connectivity index (χ4v) is 1.64. The Balaban J connectivity index is 4.22. The topological polar surface area (TPSA) is 129 Å². The third-order valence-corrected chi connectivity index (χ3v) is 3.59. The van der Waals surface area contributed by atoms with Crippen LogP contribution in [0.5, 0.6) is 0 Å². The summed E-state index contributed by atoms with van der Waals surface area (Å²) in [4.78, 5) is 45.7. The van der Waals surface area contributed by atoms with Crippen LogP contribution in [0.3, 0.4) is 0 Å². The first-order chi connectivity index (χ1) is 13.6. The highest BCUT2D eigenvalue weighted by atomic mass is 16.7. The minimum Gasteiger partial charge on any atom is -0.446 e. The zero-order valence-electron chi connectivity index (χ0n) is 18.5. The second kappa shape index (κ2) is 12.1. The van der Waals surface area contributed by atoms with Crippen LogP contribution in [-0.2, 0) is 28.5 Å². The van der Waals surface area contributed by atoms with Crippen molar-refractivity contribution >= 4 is 24.0 Å². The van der Waals surface area contributed by atoms with Crippen LogP contribution in [0.2, 0.25) is 0 Å². The van der Waals surface area contributed by atoms with Crippen molar-refractivity contribution in [2.24, 2.45) is 0 Å². The molecule has 0 saturated carbocycles. The largest absolute Gasteiger partial charge is 0.446 e. The van der Waals surface area contributed by atoms with Gasteiger partial charge in [-0.15, -0.1) is 0 Å². The van der Waals surface area contributed by atoms with Gasteiger partial charge in [0, 0.05) is 11.1 Å². The van der Waals surface area contributed by atoms with E-state index >= 15 is 0 Å². The van der Waals surface area contributed by atoms with E-state index in [2.05, 4.69) is 13.2 Å². The quantitative estimate of drug-likeness (QED) is 0.379. The number of rotatable bonds is 11. The third-order valence-electron chi connectivity index (χ3n) is 3.59. The van der Waals surface area contributed by atoms with E-state index < -0.39 is 35.2 Å². The molecule has 0 radical (unpaired) electrons. The number of hydrogen-bond acceptors (Lipinski definition) is 8. The van der Waals surface area contributed by atoms with Crippen molar-refractivity contribution in [3.05, 3.63) is 24.3 Å². The number of ether oxygens (including phenoxy) is 4. The predicted molar refractivity (Wildman–Crippen MR) is 108 cm³/mol. The number of imide groups is 2. The average Bonchev–Trinajstić information content (AvgIpc) is 2.59. The second-order valence-corrected chi connectivity index (χ2v) is 7.86. The molecule has 0 atom stereocenters. The summed E-state index contributed by atoms with van der Waals surface area (Å²) in [5.74, 6) is -1.24. The fraction of sp³-hybridized carbons (Fsp3) is 0.600. The molecule has 10 heteroatoms. The number of nitrogens with one attached hydrogen (secondary N) is 2. The maximum absolute atomic E-state index is 11.6. The van der Waals surface area contributed by atoms with Gasteiger partial charge >= 0.3 is 12.2 Å². The van der Waals surface area contributed by atoms with Gasteiger partial charge in [0.05, 0.1) is 17.8 Å². The molecule has 0 aliphatic rings. The lowest BCUT2D eigenvalue weighted by molar-refractivity contribution is -0.128.